The smallest absolute Gasteiger partial charge is 0.547 e. The normalized spacial score (nSPS) is 7.86. The maximum atomic E-state index is 9.32. The van der Waals surface area contributed by atoms with Crippen LogP contribution in [-0.2, 0) is 4.79 Å². The van der Waals surface area contributed by atoms with Crippen molar-refractivity contribution in [1.29, 1.82) is 0 Å². The van der Waals surface area contributed by atoms with Gasteiger partial charge in [-0.15, -0.1) is 0 Å². The van der Waals surface area contributed by atoms with E-state index in [0.29, 0.717) is 0 Å². The molecule has 0 N–H and O–H groups in total. The summed E-state index contributed by atoms with van der Waals surface area (Å²) in [5.41, 5.74) is 0. The van der Waals surface area contributed by atoms with Crippen LogP contribution >= 0.6 is 23.2 Å². The fourth-order valence-electron chi connectivity index (χ4n) is 0. The van der Waals surface area contributed by atoms with Crippen LogP contribution in [0.5, 0.6) is 0 Å². The molecule has 0 spiro atoms. The molecule has 0 heterocycles. The van der Waals surface area contributed by atoms with Gasteiger partial charge in [-0.25, -0.2) is 0 Å². The number of carbonyl (C=O) groups is 1. The molecule has 0 saturated carbocycles. The Hall–Kier alpha value is 1.05. The van der Waals surface area contributed by atoms with Crippen molar-refractivity contribution in [3.63, 3.8) is 0 Å². The van der Waals surface area contributed by atoms with Crippen LogP contribution in [0.25, 0.3) is 0 Å². The number of carboxylic acid groups (broad SMARTS) is 1. The molecule has 0 saturated heterocycles. The van der Waals surface area contributed by atoms with E-state index in [-0.39, 0.29) is 29.6 Å². The number of carboxylic acids is 1. The van der Waals surface area contributed by atoms with Crippen LogP contribution in [0.2, 0.25) is 0 Å². The molecule has 0 radical (unpaired) electrons. The van der Waals surface area contributed by atoms with E-state index in [1.165, 1.54) is 0 Å². The quantitative estimate of drug-likeness (QED) is 0.223. The Labute approximate surface area is 73.1 Å². The van der Waals surface area contributed by atoms with Crippen molar-refractivity contribution in [1.82, 2.24) is 0 Å². The summed E-state index contributed by atoms with van der Waals surface area (Å²) in [4.78, 5) is 7.93. The maximum Gasteiger partial charge on any atom is 1.00 e. The average molecular weight is 153 g/mol. The van der Waals surface area contributed by atoms with Gasteiger partial charge in [-0.1, -0.05) is 23.2 Å². The summed E-state index contributed by atoms with van der Waals surface area (Å²) in [6.45, 7) is 0. The SMILES string of the molecule is O=[13C]([O-])[13CH](Cl)Cl.[Na+]. The summed E-state index contributed by atoms with van der Waals surface area (Å²) >= 11 is 9.43. The number of rotatable bonds is 1. The Morgan fingerprint density at radius 3 is 1.71 bits per heavy atom. The molecule has 0 unspecified atom stereocenters. The molecule has 0 aromatic carbocycles. The number of aliphatic carboxylic acids is 1. The largest absolute Gasteiger partial charge is 1.00 e. The second kappa shape index (κ2) is 5.19. The first-order valence-corrected chi connectivity index (χ1v) is 2.01. The summed E-state index contributed by atoms with van der Waals surface area (Å²) < 4.78 is 0. The fourth-order valence-corrected chi connectivity index (χ4v) is 0. The van der Waals surface area contributed by atoms with Crippen molar-refractivity contribution in [3.05, 3.63) is 0 Å². The Kier molecular flexibility index (Phi) is 8.11. The molecule has 0 fully saturated rings. The molecule has 5 heteroatoms. The van der Waals surface area contributed by atoms with E-state index < -0.39 is 10.8 Å². The van der Waals surface area contributed by atoms with Gasteiger partial charge in [-0.3, -0.25) is 0 Å². The van der Waals surface area contributed by atoms with Gasteiger partial charge >= 0.3 is 29.6 Å². The van der Waals surface area contributed by atoms with E-state index in [1.54, 1.807) is 0 Å². The molecule has 0 amide bonds. The minimum Gasteiger partial charge on any atom is -0.547 e. The molecule has 0 aliphatic rings. The Bertz CT molecular complexity index is 64.7. The topological polar surface area (TPSA) is 40.1 Å². The van der Waals surface area contributed by atoms with E-state index in [1.807, 2.05) is 0 Å². The predicted molar refractivity (Wildman–Crippen MR) is 20.5 cm³/mol. The Morgan fingerprint density at radius 2 is 1.71 bits per heavy atom. The zero-order valence-electron chi connectivity index (χ0n) is 3.65. The van der Waals surface area contributed by atoms with E-state index in [0.717, 1.165) is 0 Å². The first-order chi connectivity index (χ1) is 2.64. The summed E-state index contributed by atoms with van der Waals surface area (Å²) in [5, 5.41) is 9.32. The second-order valence-electron chi connectivity index (χ2n) is 0.620. The first-order valence-electron chi connectivity index (χ1n) is 1.13. The predicted octanol–water partition coefficient (Wildman–Crippen LogP) is -3.46. The zero-order chi connectivity index (χ0) is 5.15. The third-order valence-corrected chi connectivity index (χ3v) is 0.535. The van der Waals surface area contributed by atoms with Gasteiger partial charge in [-0.2, -0.15) is 0 Å². The first kappa shape index (κ1) is 10.9. The number of alkyl halides is 2. The minimum atomic E-state index is -1.46. The molecular formula is C2HCl2NaO2. The van der Waals surface area contributed by atoms with E-state index >= 15 is 0 Å². The fraction of sp³-hybridized carbons (Fsp3) is 0.500. The molecular weight excluding hydrogens is 152 g/mol. The third-order valence-electron chi connectivity index (χ3n) is 0.178. The summed E-state index contributed by atoms with van der Waals surface area (Å²) in [7, 11) is 0. The molecule has 2 nitrogen and oxygen atoms in total. The molecule has 0 bridgehead atoms. The van der Waals surface area contributed by atoms with E-state index in [2.05, 4.69) is 0 Å². The van der Waals surface area contributed by atoms with Gasteiger partial charge in [0.25, 0.3) is 0 Å². The number of hydrogen-bond donors (Lipinski definition) is 0. The van der Waals surface area contributed by atoms with Gasteiger partial charge in [0, 0.05) is 0 Å². The van der Waals surface area contributed by atoms with Crippen LogP contribution in [0.4, 0.5) is 0 Å². The molecule has 0 atom stereocenters. The van der Waals surface area contributed by atoms with Crippen LogP contribution in [0.1, 0.15) is 0 Å². The van der Waals surface area contributed by atoms with Gasteiger partial charge < -0.3 is 9.90 Å². The van der Waals surface area contributed by atoms with Crippen LogP contribution in [-0.4, -0.2) is 10.8 Å². The van der Waals surface area contributed by atoms with Crippen molar-refractivity contribution < 1.29 is 39.5 Å². The summed E-state index contributed by atoms with van der Waals surface area (Å²) in [6.07, 6.45) is 0. The van der Waals surface area contributed by atoms with Crippen molar-refractivity contribution in [2.24, 2.45) is 0 Å². The summed E-state index contributed by atoms with van der Waals surface area (Å²) in [5.74, 6) is -1.46. The third kappa shape index (κ3) is 7.05. The number of hydrogen-bond acceptors (Lipinski definition) is 2. The molecule has 0 aromatic heterocycles. The minimum absolute atomic E-state index is 0. The number of halogens is 2. The maximum absolute atomic E-state index is 9.32. The second-order valence-corrected chi connectivity index (χ2v) is 1.72. The molecule has 0 aliphatic heterocycles. The van der Waals surface area contributed by atoms with Crippen LogP contribution in [0.15, 0.2) is 0 Å². The zero-order valence-corrected chi connectivity index (χ0v) is 7.16. The average Bonchev–Trinajstić information content (AvgIpc) is 1.36. The van der Waals surface area contributed by atoms with Crippen molar-refractivity contribution in [3.8, 4) is 0 Å². The van der Waals surface area contributed by atoms with Crippen LogP contribution in [0.3, 0.4) is 0 Å². The van der Waals surface area contributed by atoms with E-state index in [4.69, 9.17) is 23.2 Å². The Balaban J connectivity index is 0. The van der Waals surface area contributed by atoms with Crippen molar-refractivity contribution in [2.75, 3.05) is 0 Å². The van der Waals surface area contributed by atoms with Crippen molar-refractivity contribution >= 4 is 29.2 Å². The number of carbonyl (C=O) groups excluding carboxylic acids is 1. The van der Waals surface area contributed by atoms with Gasteiger partial charge in [0.15, 0.2) is 0 Å². The molecule has 7 heavy (non-hydrogen) atoms. The van der Waals surface area contributed by atoms with Gasteiger partial charge in [0.1, 0.15) is 4.84 Å². The monoisotopic (exact) mass is 152 g/mol. The molecule has 0 rings (SSSR count). The summed E-state index contributed by atoms with van der Waals surface area (Å²) in [6, 6.07) is 0. The van der Waals surface area contributed by atoms with Crippen molar-refractivity contribution in [2.45, 2.75) is 4.84 Å². The van der Waals surface area contributed by atoms with E-state index in [9.17, 15) is 9.90 Å². The Morgan fingerprint density at radius 1 is 1.57 bits per heavy atom. The van der Waals surface area contributed by atoms with Gasteiger partial charge in [-0.05, 0) is 0 Å². The molecule has 0 aromatic rings. The molecule has 0 aliphatic carbocycles. The van der Waals surface area contributed by atoms with Crippen LogP contribution in [0, 0.1) is 0 Å². The molecule has 36 valence electrons. The standard InChI is InChI=1S/C2H2Cl2O2.Na/c3-1(4)2(5)6;/h1H,(H,5,6);/q;+1/p-1/i1+1,2+1;. The van der Waals surface area contributed by atoms with Gasteiger partial charge in [0.2, 0.25) is 0 Å². The van der Waals surface area contributed by atoms with Crippen LogP contribution < -0.4 is 34.7 Å². The van der Waals surface area contributed by atoms with Gasteiger partial charge in [0.05, 0.1) is 5.97 Å².